The SMILES string of the molecule is CC[C@H](C(=O)NC(C)C)N(Cc1ccc(Cl)c(Cl)c1)C(=O)COc1cccc(Cl)c1. The summed E-state index contributed by atoms with van der Waals surface area (Å²) < 4.78 is 5.61. The Hall–Kier alpha value is -1.95. The maximum Gasteiger partial charge on any atom is 0.261 e. The maximum absolute atomic E-state index is 13.1. The van der Waals surface area contributed by atoms with Gasteiger partial charge in [0.15, 0.2) is 6.61 Å². The average Bonchev–Trinajstić information content (AvgIpc) is 2.68. The number of nitrogens with zero attached hydrogens (tertiary/aromatic N) is 1. The van der Waals surface area contributed by atoms with Gasteiger partial charge in [-0.3, -0.25) is 9.59 Å². The number of nitrogens with one attached hydrogen (secondary N) is 1. The molecule has 0 aliphatic carbocycles. The zero-order chi connectivity index (χ0) is 22.3. The number of carbonyl (C=O) groups excluding carboxylic acids is 2. The zero-order valence-corrected chi connectivity index (χ0v) is 19.4. The summed E-state index contributed by atoms with van der Waals surface area (Å²) in [5, 5.41) is 4.20. The van der Waals surface area contributed by atoms with Crippen LogP contribution in [0.15, 0.2) is 42.5 Å². The van der Waals surface area contributed by atoms with Crippen LogP contribution in [0.5, 0.6) is 5.75 Å². The Bertz CT molecular complexity index is 890. The first-order chi connectivity index (χ1) is 14.2. The van der Waals surface area contributed by atoms with Crippen molar-refractivity contribution < 1.29 is 14.3 Å². The molecule has 0 fully saturated rings. The van der Waals surface area contributed by atoms with Crippen molar-refractivity contribution in [2.75, 3.05) is 6.61 Å². The molecule has 0 aliphatic heterocycles. The molecule has 0 heterocycles. The highest BCUT2D eigenvalue weighted by Gasteiger charge is 2.29. The fourth-order valence-electron chi connectivity index (χ4n) is 2.92. The fraction of sp³-hybridized carbons (Fsp3) is 0.364. The Labute approximate surface area is 192 Å². The Morgan fingerprint density at radius 2 is 1.80 bits per heavy atom. The Kier molecular flexibility index (Phi) is 9.28. The molecule has 0 aliphatic rings. The van der Waals surface area contributed by atoms with Crippen molar-refractivity contribution >= 4 is 46.6 Å². The van der Waals surface area contributed by atoms with Crippen LogP contribution in [-0.4, -0.2) is 35.4 Å². The predicted octanol–water partition coefficient (Wildman–Crippen LogP) is 5.36. The van der Waals surface area contributed by atoms with E-state index in [0.29, 0.717) is 27.2 Å². The van der Waals surface area contributed by atoms with Crippen molar-refractivity contribution in [1.29, 1.82) is 0 Å². The molecular weight excluding hydrogens is 447 g/mol. The molecule has 2 rings (SSSR count). The average molecular weight is 472 g/mol. The number of rotatable bonds is 9. The van der Waals surface area contributed by atoms with Gasteiger partial charge in [-0.2, -0.15) is 0 Å². The molecule has 0 aromatic heterocycles. The molecule has 0 radical (unpaired) electrons. The monoisotopic (exact) mass is 470 g/mol. The molecule has 1 N–H and O–H groups in total. The quantitative estimate of drug-likeness (QED) is 0.536. The van der Waals surface area contributed by atoms with Gasteiger partial charge in [0.25, 0.3) is 5.91 Å². The Morgan fingerprint density at radius 3 is 2.40 bits per heavy atom. The largest absolute Gasteiger partial charge is 0.484 e. The van der Waals surface area contributed by atoms with Gasteiger partial charge in [0.05, 0.1) is 10.0 Å². The Balaban J connectivity index is 2.24. The van der Waals surface area contributed by atoms with Crippen molar-refractivity contribution in [2.45, 2.75) is 45.8 Å². The molecule has 8 heteroatoms. The molecule has 162 valence electrons. The van der Waals surface area contributed by atoms with Crippen LogP contribution in [0, 0.1) is 0 Å². The highest BCUT2D eigenvalue weighted by Crippen LogP contribution is 2.24. The van der Waals surface area contributed by atoms with Gasteiger partial charge >= 0.3 is 0 Å². The number of halogens is 3. The molecule has 2 aromatic rings. The van der Waals surface area contributed by atoms with E-state index in [-0.39, 0.29) is 31.0 Å². The van der Waals surface area contributed by atoms with Crippen molar-refractivity contribution in [3.63, 3.8) is 0 Å². The molecule has 0 saturated carbocycles. The number of amides is 2. The van der Waals surface area contributed by atoms with Crippen LogP contribution in [0.4, 0.5) is 0 Å². The lowest BCUT2D eigenvalue weighted by molar-refractivity contribution is -0.143. The van der Waals surface area contributed by atoms with Gasteiger partial charge in [0.2, 0.25) is 5.91 Å². The van der Waals surface area contributed by atoms with E-state index in [1.165, 1.54) is 4.90 Å². The number of ether oxygens (including phenoxy) is 1. The van der Waals surface area contributed by atoms with E-state index in [1.807, 2.05) is 20.8 Å². The van der Waals surface area contributed by atoms with Crippen molar-refractivity contribution in [3.05, 3.63) is 63.1 Å². The maximum atomic E-state index is 13.1. The lowest BCUT2D eigenvalue weighted by Crippen LogP contribution is -2.51. The van der Waals surface area contributed by atoms with E-state index in [4.69, 9.17) is 39.5 Å². The van der Waals surface area contributed by atoms with Crippen LogP contribution >= 0.6 is 34.8 Å². The molecule has 1 atom stereocenters. The van der Waals surface area contributed by atoms with E-state index >= 15 is 0 Å². The van der Waals surface area contributed by atoms with Gasteiger partial charge in [0, 0.05) is 17.6 Å². The summed E-state index contributed by atoms with van der Waals surface area (Å²) in [5.41, 5.74) is 0.760. The molecule has 0 spiro atoms. The van der Waals surface area contributed by atoms with Crippen molar-refractivity contribution in [1.82, 2.24) is 10.2 Å². The normalized spacial score (nSPS) is 11.8. The van der Waals surface area contributed by atoms with Crippen LogP contribution in [-0.2, 0) is 16.1 Å². The summed E-state index contributed by atoms with van der Waals surface area (Å²) in [4.78, 5) is 27.3. The third-order valence-corrected chi connectivity index (χ3v) is 5.29. The van der Waals surface area contributed by atoms with Crippen molar-refractivity contribution in [2.24, 2.45) is 0 Å². The standard InChI is InChI=1S/C22H25Cl3N2O3/c1-4-20(22(29)26-14(2)3)27(12-15-8-9-18(24)19(25)10-15)21(28)13-30-17-7-5-6-16(23)11-17/h5-11,14,20H,4,12-13H2,1-3H3,(H,26,29)/t20-/m1/s1. The topological polar surface area (TPSA) is 58.6 Å². The summed E-state index contributed by atoms with van der Waals surface area (Å²) in [6.45, 7) is 5.57. The molecule has 2 amide bonds. The van der Waals surface area contributed by atoms with Gasteiger partial charge in [-0.05, 0) is 56.2 Å². The third kappa shape index (κ3) is 7.08. The molecule has 5 nitrogen and oxygen atoms in total. The Morgan fingerprint density at radius 1 is 1.07 bits per heavy atom. The van der Waals surface area contributed by atoms with Crippen LogP contribution in [0.3, 0.4) is 0 Å². The first-order valence-electron chi connectivity index (χ1n) is 9.63. The molecule has 2 aromatic carbocycles. The first-order valence-corrected chi connectivity index (χ1v) is 10.8. The summed E-state index contributed by atoms with van der Waals surface area (Å²) in [7, 11) is 0. The first kappa shape index (κ1) is 24.3. The van der Waals surface area contributed by atoms with Gasteiger partial charge in [-0.15, -0.1) is 0 Å². The predicted molar refractivity (Wildman–Crippen MR) is 121 cm³/mol. The van der Waals surface area contributed by atoms with Crippen molar-refractivity contribution in [3.8, 4) is 5.75 Å². The van der Waals surface area contributed by atoms with Gasteiger partial charge in [-0.25, -0.2) is 0 Å². The second-order valence-corrected chi connectivity index (χ2v) is 8.35. The van der Waals surface area contributed by atoms with E-state index in [2.05, 4.69) is 5.32 Å². The number of carbonyl (C=O) groups is 2. The lowest BCUT2D eigenvalue weighted by Gasteiger charge is -2.31. The fourth-order valence-corrected chi connectivity index (χ4v) is 3.42. The second-order valence-electron chi connectivity index (χ2n) is 7.10. The molecule has 30 heavy (non-hydrogen) atoms. The van der Waals surface area contributed by atoms with Gasteiger partial charge < -0.3 is 15.0 Å². The highest BCUT2D eigenvalue weighted by molar-refractivity contribution is 6.42. The number of benzene rings is 2. The second kappa shape index (κ2) is 11.4. The molecule has 0 saturated heterocycles. The smallest absolute Gasteiger partial charge is 0.261 e. The van der Waals surface area contributed by atoms with Crippen LogP contribution in [0.25, 0.3) is 0 Å². The minimum Gasteiger partial charge on any atom is -0.484 e. The van der Waals surface area contributed by atoms with E-state index in [1.54, 1.807) is 42.5 Å². The highest BCUT2D eigenvalue weighted by atomic mass is 35.5. The van der Waals surface area contributed by atoms with E-state index in [0.717, 1.165) is 5.56 Å². The molecular formula is C22H25Cl3N2O3. The van der Waals surface area contributed by atoms with E-state index < -0.39 is 6.04 Å². The summed E-state index contributed by atoms with van der Waals surface area (Å²) in [5.74, 6) is -0.0690. The van der Waals surface area contributed by atoms with E-state index in [9.17, 15) is 9.59 Å². The number of hydrogen-bond donors (Lipinski definition) is 1. The third-order valence-electron chi connectivity index (χ3n) is 4.31. The van der Waals surface area contributed by atoms with Gasteiger partial charge in [0.1, 0.15) is 11.8 Å². The summed E-state index contributed by atoms with van der Waals surface area (Å²) in [6, 6.07) is 11.2. The van der Waals surface area contributed by atoms with Crippen LogP contribution in [0.2, 0.25) is 15.1 Å². The number of hydrogen-bond acceptors (Lipinski definition) is 3. The minimum absolute atomic E-state index is 0.0452. The lowest BCUT2D eigenvalue weighted by atomic mass is 10.1. The zero-order valence-electron chi connectivity index (χ0n) is 17.1. The molecule has 0 unspecified atom stereocenters. The van der Waals surface area contributed by atoms with Crippen LogP contribution in [0.1, 0.15) is 32.8 Å². The summed E-state index contributed by atoms with van der Waals surface area (Å²) >= 11 is 18.1. The minimum atomic E-state index is -0.655. The summed E-state index contributed by atoms with van der Waals surface area (Å²) in [6.07, 6.45) is 0.447. The van der Waals surface area contributed by atoms with Crippen LogP contribution < -0.4 is 10.1 Å². The van der Waals surface area contributed by atoms with Gasteiger partial charge in [-0.1, -0.05) is 53.9 Å². The molecule has 0 bridgehead atoms.